The number of phenolic OH excluding ortho intramolecular Hbond substituents is 2. The lowest BCUT2D eigenvalue weighted by Crippen LogP contribution is -1.88. The van der Waals surface area contributed by atoms with E-state index in [0.29, 0.717) is 11.1 Å². The van der Waals surface area contributed by atoms with Crippen molar-refractivity contribution >= 4 is 12.2 Å². The molecule has 0 saturated carbocycles. The van der Waals surface area contributed by atoms with Gasteiger partial charge in [0.1, 0.15) is 11.5 Å². The van der Waals surface area contributed by atoms with Crippen LogP contribution in [0.15, 0.2) is 109 Å². The molecule has 32 heavy (non-hydrogen) atoms. The first kappa shape index (κ1) is 21.2. The van der Waals surface area contributed by atoms with Crippen LogP contribution >= 0.6 is 0 Å². The standard InChI is InChI=1S/C30H26O2/c31-29-19-17-25(15-7-13-23-9-3-1-4-10-23)21-27(29)28-22-26(18-20-30(28)32)16-8-14-24-11-5-2-6-12-24/h1-14,17-22,31-32H,15-16H2. The molecule has 0 amide bonds. The molecule has 0 aliphatic carbocycles. The molecule has 2 N–H and O–H groups in total. The Morgan fingerprint density at radius 3 is 1.31 bits per heavy atom. The topological polar surface area (TPSA) is 40.5 Å². The van der Waals surface area contributed by atoms with Crippen LogP contribution in [0.25, 0.3) is 23.3 Å². The number of phenols is 2. The third kappa shape index (κ3) is 5.55. The fourth-order valence-corrected chi connectivity index (χ4v) is 3.64. The third-order valence-corrected chi connectivity index (χ3v) is 5.34. The van der Waals surface area contributed by atoms with Gasteiger partial charge >= 0.3 is 0 Å². The molecular formula is C30H26O2. The summed E-state index contributed by atoms with van der Waals surface area (Å²) >= 11 is 0. The number of rotatable bonds is 7. The van der Waals surface area contributed by atoms with Crippen molar-refractivity contribution in [3.63, 3.8) is 0 Å². The van der Waals surface area contributed by atoms with Crippen LogP contribution < -0.4 is 0 Å². The summed E-state index contributed by atoms with van der Waals surface area (Å²) in [6.07, 6.45) is 9.87. The second-order valence-corrected chi connectivity index (χ2v) is 7.74. The van der Waals surface area contributed by atoms with Gasteiger partial charge in [0.05, 0.1) is 0 Å². The Labute approximate surface area is 189 Å². The summed E-state index contributed by atoms with van der Waals surface area (Å²) in [6, 6.07) is 31.4. The molecule has 0 fully saturated rings. The molecular weight excluding hydrogens is 392 g/mol. The molecule has 2 nitrogen and oxygen atoms in total. The normalized spacial score (nSPS) is 11.4. The van der Waals surface area contributed by atoms with Gasteiger partial charge in [0.25, 0.3) is 0 Å². The lowest BCUT2D eigenvalue weighted by molar-refractivity contribution is 0.469. The van der Waals surface area contributed by atoms with E-state index in [0.717, 1.165) is 35.1 Å². The number of aromatic hydroxyl groups is 2. The Bertz CT molecular complexity index is 1120. The summed E-state index contributed by atoms with van der Waals surface area (Å²) < 4.78 is 0. The zero-order valence-electron chi connectivity index (χ0n) is 17.9. The lowest BCUT2D eigenvalue weighted by Gasteiger charge is -2.11. The molecule has 0 aliphatic heterocycles. The summed E-state index contributed by atoms with van der Waals surface area (Å²) in [5.41, 5.74) is 5.72. The lowest BCUT2D eigenvalue weighted by atomic mass is 9.97. The first-order valence-electron chi connectivity index (χ1n) is 10.8. The summed E-state index contributed by atoms with van der Waals surface area (Å²) in [4.78, 5) is 0. The van der Waals surface area contributed by atoms with E-state index >= 15 is 0 Å². The van der Waals surface area contributed by atoms with Crippen molar-refractivity contribution in [2.24, 2.45) is 0 Å². The monoisotopic (exact) mass is 418 g/mol. The second kappa shape index (κ2) is 10.3. The maximum Gasteiger partial charge on any atom is 0.123 e. The Morgan fingerprint density at radius 1 is 0.500 bits per heavy atom. The Morgan fingerprint density at radius 2 is 0.906 bits per heavy atom. The molecule has 0 spiro atoms. The van der Waals surface area contributed by atoms with Gasteiger partial charge in [-0.05, 0) is 59.4 Å². The van der Waals surface area contributed by atoms with E-state index in [-0.39, 0.29) is 11.5 Å². The van der Waals surface area contributed by atoms with E-state index in [1.54, 1.807) is 12.1 Å². The third-order valence-electron chi connectivity index (χ3n) is 5.34. The van der Waals surface area contributed by atoms with Gasteiger partial charge in [0.2, 0.25) is 0 Å². The van der Waals surface area contributed by atoms with Crippen LogP contribution in [0, 0.1) is 0 Å². The van der Waals surface area contributed by atoms with Gasteiger partial charge in [-0.25, -0.2) is 0 Å². The van der Waals surface area contributed by atoms with E-state index < -0.39 is 0 Å². The minimum Gasteiger partial charge on any atom is -0.507 e. The van der Waals surface area contributed by atoms with Gasteiger partial charge in [-0.1, -0.05) is 97.1 Å². The number of hydrogen-bond donors (Lipinski definition) is 2. The van der Waals surface area contributed by atoms with Crippen molar-refractivity contribution in [3.05, 3.63) is 131 Å². The maximum atomic E-state index is 10.5. The summed E-state index contributed by atoms with van der Waals surface area (Å²) in [5.74, 6) is 0.320. The zero-order chi connectivity index (χ0) is 22.2. The Hall–Kier alpha value is -4.04. The zero-order valence-corrected chi connectivity index (χ0v) is 17.9. The van der Waals surface area contributed by atoms with E-state index in [1.165, 1.54) is 0 Å². The quantitative estimate of drug-likeness (QED) is 0.331. The molecule has 158 valence electrons. The molecule has 4 rings (SSSR count). The van der Waals surface area contributed by atoms with Crippen LogP contribution in [0.3, 0.4) is 0 Å². The van der Waals surface area contributed by atoms with Crippen molar-refractivity contribution in [2.75, 3.05) is 0 Å². The van der Waals surface area contributed by atoms with Gasteiger partial charge < -0.3 is 10.2 Å². The molecule has 0 radical (unpaired) electrons. The molecule has 0 unspecified atom stereocenters. The largest absolute Gasteiger partial charge is 0.507 e. The van der Waals surface area contributed by atoms with Crippen molar-refractivity contribution in [1.29, 1.82) is 0 Å². The van der Waals surface area contributed by atoms with E-state index in [9.17, 15) is 10.2 Å². The predicted octanol–water partition coefficient (Wildman–Crippen LogP) is 7.28. The molecule has 0 aliphatic rings. The molecule has 0 saturated heterocycles. The van der Waals surface area contributed by atoms with Crippen molar-refractivity contribution in [1.82, 2.24) is 0 Å². The minimum atomic E-state index is 0.160. The molecule has 2 heteroatoms. The average molecular weight is 419 g/mol. The summed E-state index contributed by atoms with van der Waals surface area (Å²) in [6.45, 7) is 0. The van der Waals surface area contributed by atoms with Crippen molar-refractivity contribution < 1.29 is 10.2 Å². The van der Waals surface area contributed by atoms with Crippen LogP contribution in [0.4, 0.5) is 0 Å². The van der Waals surface area contributed by atoms with Crippen LogP contribution in [0.2, 0.25) is 0 Å². The number of allylic oxidation sites excluding steroid dienone is 2. The van der Waals surface area contributed by atoms with Crippen LogP contribution in [0.1, 0.15) is 22.3 Å². The van der Waals surface area contributed by atoms with Crippen LogP contribution in [-0.2, 0) is 12.8 Å². The highest BCUT2D eigenvalue weighted by Gasteiger charge is 2.11. The van der Waals surface area contributed by atoms with Gasteiger partial charge in [0, 0.05) is 11.1 Å². The van der Waals surface area contributed by atoms with Gasteiger partial charge in [-0.15, -0.1) is 0 Å². The van der Waals surface area contributed by atoms with Gasteiger partial charge in [-0.3, -0.25) is 0 Å². The first-order chi connectivity index (χ1) is 15.7. The van der Waals surface area contributed by atoms with Crippen LogP contribution in [-0.4, -0.2) is 10.2 Å². The fourth-order valence-electron chi connectivity index (χ4n) is 3.64. The van der Waals surface area contributed by atoms with Crippen molar-refractivity contribution in [3.8, 4) is 22.6 Å². The smallest absolute Gasteiger partial charge is 0.123 e. The van der Waals surface area contributed by atoms with E-state index in [2.05, 4.69) is 48.6 Å². The van der Waals surface area contributed by atoms with Gasteiger partial charge in [0.15, 0.2) is 0 Å². The Balaban J connectivity index is 1.53. The molecule has 4 aromatic rings. The molecule has 0 atom stereocenters. The molecule has 4 aromatic carbocycles. The van der Waals surface area contributed by atoms with Gasteiger partial charge in [-0.2, -0.15) is 0 Å². The fraction of sp³-hybridized carbons (Fsp3) is 0.0667. The SMILES string of the molecule is Oc1ccc(CC=Cc2ccccc2)cc1-c1cc(CC=Cc2ccccc2)ccc1O. The maximum absolute atomic E-state index is 10.5. The second-order valence-electron chi connectivity index (χ2n) is 7.74. The number of hydrogen-bond acceptors (Lipinski definition) is 2. The highest BCUT2D eigenvalue weighted by atomic mass is 16.3. The first-order valence-corrected chi connectivity index (χ1v) is 10.8. The van der Waals surface area contributed by atoms with Crippen LogP contribution in [0.5, 0.6) is 11.5 Å². The summed E-state index contributed by atoms with van der Waals surface area (Å²) in [5, 5.41) is 21.0. The highest BCUT2D eigenvalue weighted by Crippen LogP contribution is 2.37. The average Bonchev–Trinajstić information content (AvgIpc) is 2.83. The molecule has 0 heterocycles. The highest BCUT2D eigenvalue weighted by molar-refractivity contribution is 5.76. The van der Waals surface area contributed by atoms with E-state index in [4.69, 9.17) is 0 Å². The van der Waals surface area contributed by atoms with Crippen molar-refractivity contribution in [2.45, 2.75) is 12.8 Å². The molecule has 0 bridgehead atoms. The molecule has 0 aromatic heterocycles. The Kier molecular flexibility index (Phi) is 6.84. The number of benzene rings is 4. The predicted molar refractivity (Wildman–Crippen MR) is 134 cm³/mol. The summed E-state index contributed by atoms with van der Waals surface area (Å²) in [7, 11) is 0. The van der Waals surface area contributed by atoms with E-state index in [1.807, 2.05) is 60.7 Å². The minimum absolute atomic E-state index is 0.160.